The van der Waals surface area contributed by atoms with Crippen LogP contribution in [0.3, 0.4) is 0 Å². The summed E-state index contributed by atoms with van der Waals surface area (Å²) >= 11 is 7.25. The average molecular weight is 546 g/mol. The van der Waals surface area contributed by atoms with Crippen molar-refractivity contribution < 1.29 is 21.6 Å². The highest BCUT2D eigenvalue weighted by Gasteiger charge is 2.33. The van der Waals surface area contributed by atoms with E-state index in [-0.39, 0.29) is 38.7 Å². The molecule has 1 aromatic carbocycles. The number of pyridine rings is 1. The van der Waals surface area contributed by atoms with Crippen LogP contribution in [0.25, 0.3) is 0 Å². The average Bonchev–Trinajstić information content (AvgIpc) is 3.44. The summed E-state index contributed by atoms with van der Waals surface area (Å²) < 4.78 is 66.7. The number of nitrogens with one attached hydrogen (secondary N) is 2. The molecule has 0 bridgehead atoms. The first-order chi connectivity index (χ1) is 16.4. The van der Waals surface area contributed by atoms with E-state index in [4.69, 9.17) is 11.6 Å². The third kappa shape index (κ3) is 5.87. The van der Waals surface area contributed by atoms with Crippen molar-refractivity contribution in [3.63, 3.8) is 0 Å². The van der Waals surface area contributed by atoms with Gasteiger partial charge in [-0.1, -0.05) is 55.3 Å². The van der Waals surface area contributed by atoms with E-state index >= 15 is 0 Å². The quantitative estimate of drug-likeness (QED) is 0.363. The van der Waals surface area contributed by atoms with E-state index in [9.17, 15) is 21.6 Å². The van der Waals surface area contributed by atoms with Gasteiger partial charge in [0.25, 0.3) is 10.0 Å². The van der Waals surface area contributed by atoms with Crippen molar-refractivity contribution in [2.75, 3.05) is 10.0 Å². The molecule has 2 atom stereocenters. The van der Waals surface area contributed by atoms with Crippen molar-refractivity contribution in [3.05, 3.63) is 57.7 Å². The molecule has 188 valence electrons. The van der Waals surface area contributed by atoms with Crippen LogP contribution in [-0.2, 0) is 16.2 Å². The lowest BCUT2D eigenvalue weighted by molar-refractivity contribution is -0.137. The normalized spacial score (nSPS) is 18.7. The van der Waals surface area contributed by atoms with Crippen molar-refractivity contribution in [3.8, 4) is 0 Å². The van der Waals surface area contributed by atoms with Crippen LogP contribution < -0.4 is 10.0 Å². The number of anilines is 2. The van der Waals surface area contributed by atoms with Crippen LogP contribution >= 0.6 is 22.9 Å². The minimum Gasteiger partial charge on any atom is -0.365 e. The van der Waals surface area contributed by atoms with Crippen LogP contribution in [-0.4, -0.2) is 29.6 Å². The molecule has 1 aliphatic carbocycles. The molecule has 2 aromatic heterocycles. The zero-order chi connectivity index (χ0) is 25.4. The van der Waals surface area contributed by atoms with Gasteiger partial charge in [-0.25, -0.2) is 13.4 Å². The Morgan fingerprint density at radius 3 is 2.46 bits per heavy atom. The Morgan fingerprint density at radius 1 is 1.14 bits per heavy atom. The topological polar surface area (TPSA) is 96.9 Å². The second kappa shape index (κ2) is 9.90. The third-order valence-corrected chi connectivity index (χ3v) is 8.69. The van der Waals surface area contributed by atoms with Crippen LogP contribution in [0, 0.1) is 0 Å². The summed E-state index contributed by atoms with van der Waals surface area (Å²) in [6.45, 7) is 3.90. The van der Waals surface area contributed by atoms with E-state index in [1.807, 2.05) is 13.8 Å². The summed E-state index contributed by atoms with van der Waals surface area (Å²) in [4.78, 5) is 3.97. The summed E-state index contributed by atoms with van der Waals surface area (Å²) in [5.74, 6) is 0.361. The summed E-state index contributed by atoms with van der Waals surface area (Å²) in [6, 6.07) is 7.31. The van der Waals surface area contributed by atoms with E-state index in [0.29, 0.717) is 0 Å². The van der Waals surface area contributed by atoms with Gasteiger partial charge in [-0.15, -0.1) is 10.2 Å². The maximum absolute atomic E-state index is 12.9. The van der Waals surface area contributed by atoms with Gasteiger partial charge in [0.15, 0.2) is 0 Å². The molecular weight excluding hydrogens is 523 g/mol. The first-order valence-electron chi connectivity index (χ1n) is 10.9. The van der Waals surface area contributed by atoms with Crippen LogP contribution in [0.2, 0.25) is 5.02 Å². The molecular formula is C22H23ClF3N5O2S2. The first-order valence-corrected chi connectivity index (χ1v) is 13.6. The highest BCUT2D eigenvalue weighted by atomic mass is 35.5. The molecule has 0 amide bonds. The summed E-state index contributed by atoms with van der Waals surface area (Å²) in [6.07, 6.45) is -1.25. The Kier molecular flexibility index (Phi) is 7.26. The van der Waals surface area contributed by atoms with E-state index in [2.05, 4.69) is 25.2 Å². The zero-order valence-corrected chi connectivity index (χ0v) is 21.2. The first kappa shape index (κ1) is 25.6. The summed E-state index contributed by atoms with van der Waals surface area (Å²) in [5.41, 5.74) is 0.00961. The van der Waals surface area contributed by atoms with Crippen molar-refractivity contribution in [2.45, 2.75) is 62.1 Å². The molecule has 4 rings (SSSR count). The zero-order valence-electron chi connectivity index (χ0n) is 18.8. The minimum atomic E-state index is -4.52. The maximum atomic E-state index is 12.9. The molecule has 35 heavy (non-hydrogen) atoms. The molecule has 0 spiro atoms. The summed E-state index contributed by atoms with van der Waals surface area (Å²) in [7, 11) is -3.83. The molecule has 0 unspecified atom stereocenters. The largest absolute Gasteiger partial charge is 0.417 e. The lowest BCUT2D eigenvalue weighted by Crippen LogP contribution is -2.23. The summed E-state index contributed by atoms with van der Waals surface area (Å²) in [5, 5.41) is 11.9. The van der Waals surface area contributed by atoms with E-state index in [1.54, 1.807) is 12.1 Å². The minimum absolute atomic E-state index is 0.0247. The lowest BCUT2D eigenvalue weighted by Gasteiger charge is -2.23. The molecule has 3 aromatic rings. The van der Waals surface area contributed by atoms with Crippen molar-refractivity contribution >= 4 is 43.9 Å². The molecule has 1 fully saturated rings. The molecule has 0 aliphatic heterocycles. The fraction of sp³-hybridized carbons (Fsp3) is 0.409. The maximum Gasteiger partial charge on any atom is 0.417 e. The highest BCUT2D eigenvalue weighted by molar-refractivity contribution is 7.93. The second-order valence-corrected chi connectivity index (χ2v) is 11.7. The Balaban J connectivity index is 1.47. The number of hydrogen-bond donors (Lipinski definition) is 2. The van der Waals surface area contributed by atoms with Gasteiger partial charge in [0.05, 0.1) is 15.5 Å². The molecule has 0 radical (unpaired) electrons. The van der Waals surface area contributed by atoms with Crippen molar-refractivity contribution in [2.24, 2.45) is 0 Å². The Bertz CT molecular complexity index is 1300. The molecule has 2 heterocycles. The predicted molar refractivity (Wildman–Crippen MR) is 130 cm³/mol. The third-order valence-electron chi connectivity index (χ3n) is 5.78. The molecule has 2 N–H and O–H groups in total. The van der Waals surface area contributed by atoms with Gasteiger partial charge in [-0.3, -0.25) is 4.72 Å². The van der Waals surface area contributed by atoms with E-state index in [1.165, 1.54) is 23.5 Å². The van der Waals surface area contributed by atoms with Crippen LogP contribution in [0.5, 0.6) is 0 Å². The van der Waals surface area contributed by atoms with E-state index < -0.39 is 21.8 Å². The monoisotopic (exact) mass is 545 g/mol. The SMILES string of the molecule is CC(C)c1nnc(NS(=O)(=O)c2ccc([C@@H]3CCC[C@@H]3Nc3ncc(C(F)(F)F)cc3Cl)cc2)s1. The molecule has 13 heteroatoms. The van der Waals surface area contributed by atoms with Gasteiger partial charge in [0.1, 0.15) is 10.8 Å². The molecule has 1 saturated carbocycles. The standard InChI is InChI=1S/C22H23ClF3N5O2S2/c1-12(2)20-29-30-21(34-20)31-35(32,33)15-8-6-13(7-9-15)16-4-3-5-18(16)28-19-17(23)10-14(11-27-19)22(24,25)26/h6-12,16,18H,3-5H2,1-2H3,(H,27,28)(H,30,31)/t16-,18-/m0/s1. The predicted octanol–water partition coefficient (Wildman–Crippen LogP) is 6.28. The number of nitrogens with zero attached hydrogens (tertiary/aromatic N) is 3. The Hall–Kier alpha value is -2.44. The van der Waals surface area contributed by atoms with Gasteiger partial charge in [0, 0.05) is 24.1 Å². The van der Waals surface area contributed by atoms with E-state index in [0.717, 1.165) is 42.1 Å². The Labute approximate surface area is 210 Å². The van der Waals surface area contributed by atoms with Gasteiger partial charge < -0.3 is 5.32 Å². The number of benzene rings is 1. The molecule has 0 saturated heterocycles. The fourth-order valence-corrected chi connectivity index (χ4v) is 6.18. The Morgan fingerprint density at radius 2 is 1.86 bits per heavy atom. The van der Waals surface area contributed by atoms with Gasteiger partial charge >= 0.3 is 6.18 Å². The van der Waals surface area contributed by atoms with Gasteiger partial charge in [-0.05, 0) is 36.6 Å². The van der Waals surface area contributed by atoms with Gasteiger partial charge in [-0.2, -0.15) is 13.2 Å². The number of alkyl halides is 3. The second-order valence-electron chi connectivity index (χ2n) is 8.62. The number of aromatic nitrogens is 3. The van der Waals surface area contributed by atoms with Crippen molar-refractivity contribution in [1.29, 1.82) is 0 Å². The lowest BCUT2D eigenvalue weighted by atomic mass is 9.94. The number of sulfonamides is 1. The van der Waals surface area contributed by atoms with Crippen LogP contribution in [0.1, 0.15) is 61.1 Å². The van der Waals surface area contributed by atoms with Crippen LogP contribution in [0.15, 0.2) is 41.4 Å². The van der Waals surface area contributed by atoms with Crippen molar-refractivity contribution in [1.82, 2.24) is 15.2 Å². The van der Waals surface area contributed by atoms with Crippen LogP contribution in [0.4, 0.5) is 24.1 Å². The fourth-order valence-electron chi connectivity index (χ4n) is 3.98. The van der Waals surface area contributed by atoms with Gasteiger partial charge in [0.2, 0.25) is 5.13 Å². The smallest absolute Gasteiger partial charge is 0.365 e. The number of hydrogen-bond acceptors (Lipinski definition) is 7. The molecule has 7 nitrogen and oxygen atoms in total. The number of halogens is 4. The number of rotatable bonds is 7. The molecule has 1 aliphatic rings. The highest BCUT2D eigenvalue weighted by Crippen LogP contribution is 2.39.